The second kappa shape index (κ2) is 7.00. The average Bonchev–Trinajstić information content (AvgIpc) is 2.94. The molecule has 2 atom stereocenters. The summed E-state index contributed by atoms with van der Waals surface area (Å²) in [6, 6.07) is 0. The van der Waals surface area contributed by atoms with Crippen LogP contribution in [-0.2, 0) is 4.74 Å². The van der Waals surface area contributed by atoms with Gasteiger partial charge in [-0.2, -0.15) is 0 Å². The summed E-state index contributed by atoms with van der Waals surface area (Å²) in [6.07, 6.45) is 16.5. The lowest BCUT2D eigenvalue weighted by molar-refractivity contribution is 0.147. The van der Waals surface area contributed by atoms with Crippen LogP contribution in [0.1, 0.15) is 51.9 Å². The predicted molar refractivity (Wildman–Crippen MR) is 73.0 cm³/mol. The number of fused-ring (bicyclic) bond motifs is 2. The van der Waals surface area contributed by atoms with E-state index in [-0.39, 0.29) is 0 Å². The first-order valence-corrected chi connectivity index (χ1v) is 7.37. The van der Waals surface area contributed by atoms with E-state index in [4.69, 9.17) is 4.74 Å². The van der Waals surface area contributed by atoms with Gasteiger partial charge in [-0.1, -0.05) is 57.3 Å². The Morgan fingerprint density at radius 2 is 1.94 bits per heavy atom. The minimum absolute atomic E-state index is 0.713. The molecule has 0 aromatic heterocycles. The Morgan fingerprint density at radius 1 is 1.12 bits per heavy atom. The van der Waals surface area contributed by atoms with E-state index in [0.717, 1.165) is 19.1 Å². The number of allylic oxidation sites excluding steroid dienone is 3. The minimum atomic E-state index is 0.713. The SMILES string of the molecule is CCCCCCCCOCC1=CC2C=CC1C2. The zero-order chi connectivity index (χ0) is 11.9. The quantitative estimate of drug-likeness (QED) is 0.422. The molecule has 17 heavy (non-hydrogen) atoms. The first-order chi connectivity index (χ1) is 8.40. The molecule has 0 aromatic carbocycles. The third-order valence-electron chi connectivity index (χ3n) is 3.93. The van der Waals surface area contributed by atoms with Gasteiger partial charge in [0, 0.05) is 12.5 Å². The molecular weight excluding hydrogens is 208 g/mol. The molecule has 2 rings (SSSR count). The molecule has 0 radical (unpaired) electrons. The third-order valence-corrected chi connectivity index (χ3v) is 3.93. The van der Waals surface area contributed by atoms with Crippen molar-refractivity contribution in [3.8, 4) is 0 Å². The molecule has 0 heterocycles. The van der Waals surface area contributed by atoms with Crippen LogP contribution in [0.5, 0.6) is 0 Å². The first kappa shape index (κ1) is 12.9. The highest BCUT2D eigenvalue weighted by Gasteiger charge is 2.27. The molecule has 0 saturated carbocycles. The van der Waals surface area contributed by atoms with Crippen LogP contribution in [0.15, 0.2) is 23.8 Å². The topological polar surface area (TPSA) is 9.23 Å². The van der Waals surface area contributed by atoms with Crippen molar-refractivity contribution in [3.63, 3.8) is 0 Å². The smallest absolute Gasteiger partial charge is 0.0682 e. The van der Waals surface area contributed by atoms with Crippen molar-refractivity contribution in [2.24, 2.45) is 11.8 Å². The van der Waals surface area contributed by atoms with Gasteiger partial charge in [-0.25, -0.2) is 0 Å². The zero-order valence-electron chi connectivity index (χ0n) is 11.2. The van der Waals surface area contributed by atoms with Gasteiger partial charge in [-0.05, 0) is 24.3 Å². The van der Waals surface area contributed by atoms with E-state index in [2.05, 4.69) is 25.2 Å². The van der Waals surface area contributed by atoms with Crippen molar-refractivity contribution in [3.05, 3.63) is 23.8 Å². The summed E-state index contributed by atoms with van der Waals surface area (Å²) in [5, 5.41) is 0. The number of unbranched alkanes of at least 4 members (excludes halogenated alkanes) is 5. The van der Waals surface area contributed by atoms with Crippen LogP contribution >= 0.6 is 0 Å². The molecule has 0 aliphatic heterocycles. The summed E-state index contributed by atoms with van der Waals surface area (Å²) >= 11 is 0. The summed E-state index contributed by atoms with van der Waals surface area (Å²) in [7, 11) is 0. The van der Waals surface area contributed by atoms with Gasteiger partial charge in [0.2, 0.25) is 0 Å². The van der Waals surface area contributed by atoms with Gasteiger partial charge in [-0.3, -0.25) is 0 Å². The van der Waals surface area contributed by atoms with Gasteiger partial charge < -0.3 is 4.74 Å². The molecule has 0 N–H and O–H groups in total. The maximum atomic E-state index is 5.77. The molecule has 0 spiro atoms. The number of hydrogen-bond acceptors (Lipinski definition) is 1. The highest BCUT2D eigenvalue weighted by molar-refractivity contribution is 5.30. The summed E-state index contributed by atoms with van der Waals surface area (Å²) < 4.78 is 5.77. The molecule has 0 aromatic rings. The minimum Gasteiger partial charge on any atom is -0.377 e. The van der Waals surface area contributed by atoms with Crippen LogP contribution in [0.2, 0.25) is 0 Å². The molecule has 0 amide bonds. The predicted octanol–water partition coefficient (Wildman–Crippen LogP) is 4.50. The fourth-order valence-electron chi connectivity index (χ4n) is 2.85. The standard InChI is InChI=1S/C16H26O/c1-2-3-4-5-6-7-10-17-13-16-12-14-8-9-15(16)11-14/h8-9,12,14-15H,2-7,10-11,13H2,1H3. The Balaban J connectivity index is 1.43. The lowest BCUT2D eigenvalue weighted by Gasteiger charge is -2.10. The van der Waals surface area contributed by atoms with E-state index in [1.54, 1.807) is 0 Å². The van der Waals surface area contributed by atoms with E-state index in [1.807, 2.05) is 0 Å². The highest BCUT2D eigenvalue weighted by Crippen LogP contribution is 2.38. The molecular formula is C16H26O. The maximum Gasteiger partial charge on any atom is 0.0682 e. The van der Waals surface area contributed by atoms with Gasteiger partial charge in [0.05, 0.1) is 6.61 Å². The third kappa shape index (κ3) is 3.99. The van der Waals surface area contributed by atoms with Crippen molar-refractivity contribution in [2.75, 3.05) is 13.2 Å². The van der Waals surface area contributed by atoms with E-state index in [0.29, 0.717) is 5.92 Å². The Kier molecular flexibility index (Phi) is 5.31. The van der Waals surface area contributed by atoms with Crippen LogP contribution in [0.3, 0.4) is 0 Å². The second-order valence-corrected chi connectivity index (χ2v) is 5.45. The van der Waals surface area contributed by atoms with Crippen molar-refractivity contribution in [2.45, 2.75) is 51.9 Å². The Hall–Kier alpha value is -0.560. The van der Waals surface area contributed by atoms with Crippen molar-refractivity contribution in [1.29, 1.82) is 0 Å². The number of hydrogen-bond donors (Lipinski definition) is 0. The lowest BCUT2D eigenvalue weighted by atomic mass is 10.0. The largest absolute Gasteiger partial charge is 0.377 e. The maximum absolute atomic E-state index is 5.77. The monoisotopic (exact) mass is 234 g/mol. The molecule has 2 aliphatic carbocycles. The highest BCUT2D eigenvalue weighted by atomic mass is 16.5. The molecule has 0 fully saturated rings. The van der Waals surface area contributed by atoms with Crippen LogP contribution in [0, 0.1) is 11.8 Å². The second-order valence-electron chi connectivity index (χ2n) is 5.45. The Labute approximate surface area is 106 Å². The van der Waals surface area contributed by atoms with E-state index < -0.39 is 0 Å². The summed E-state index contributed by atoms with van der Waals surface area (Å²) in [5.41, 5.74) is 1.53. The normalized spacial score (nSPS) is 25.6. The number of rotatable bonds is 9. The first-order valence-electron chi connectivity index (χ1n) is 7.37. The van der Waals surface area contributed by atoms with Crippen LogP contribution in [0.25, 0.3) is 0 Å². The molecule has 1 nitrogen and oxygen atoms in total. The van der Waals surface area contributed by atoms with Gasteiger partial charge in [-0.15, -0.1) is 0 Å². The van der Waals surface area contributed by atoms with E-state index >= 15 is 0 Å². The van der Waals surface area contributed by atoms with Gasteiger partial charge in [0.15, 0.2) is 0 Å². The van der Waals surface area contributed by atoms with Crippen LogP contribution in [-0.4, -0.2) is 13.2 Å². The Morgan fingerprint density at radius 3 is 2.65 bits per heavy atom. The van der Waals surface area contributed by atoms with Crippen LogP contribution in [0.4, 0.5) is 0 Å². The van der Waals surface area contributed by atoms with E-state index in [1.165, 1.54) is 50.5 Å². The Bertz CT molecular complexity index is 277. The van der Waals surface area contributed by atoms with Crippen molar-refractivity contribution < 1.29 is 4.74 Å². The van der Waals surface area contributed by atoms with Gasteiger partial charge >= 0.3 is 0 Å². The molecule has 2 aliphatic rings. The fraction of sp³-hybridized carbons (Fsp3) is 0.750. The molecule has 1 heteroatoms. The van der Waals surface area contributed by atoms with Gasteiger partial charge in [0.25, 0.3) is 0 Å². The number of ether oxygens (including phenoxy) is 1. The lowest BCUT2D eigenvalue weighted by Crippen LogP contribution is -2.04. The fourth-order valence-corrected chi connectivity index (χ4v) is 2.85. The zero-order valence-corrected chi connectivity index (χ0v) is 11.2. The van der Waals surface area contributed by atoms with Crippen molar-refractivity contribution >= 4 is 0 Å². The molecule has 0 saturated heterocycles. The molecule has 2 unspecified atom stereocenters. The van der Waals surface area contributed by atoms with E-state index in [9.17, 15) is 0 Å². The molecule has 96 valence electrons. The van der Waals surface area contributed by atoms with Crippen molar-refractivity contribution in [1.82, 2.24) is 0 Å². The molecule has 2 bridgehead atoms. The van der Waals surface area contributed by atoms with Gasteiger partial charge in [0.1, 0.15) is 0 Å². The summed E-state index contributed by atoms with van der Waals surface area (Å²) in [4.78, 5) is 0. The average molecular weight is 234 g/mol. The van der Waals surface area contributed by atoms with Crippen LogP contribution < -0.4 is 0 Å². The summed E-state index contributed by atoms with van der Waals surface area (Å²) in [6.45, 7) is 4.09. The summed E-state index contributed by atoms with van der Waals surface area (Å²) in [5.74, 6) is 1.44.